The SMILES string of the molecule is O=C1CCC(S(=O)(=O)c2ccc(C(F)(F)F)cc2)=CN1Cc1ccccc1. The van der Waals surface area contributed by atoms with Crippen molar-refractivity contribution in [1.82, 2.24) is 4.90 Å². The molecule has 2 aromatic rings. The van der Waals surface area contributed by atoms with E-state index in [1.54, 1.807) is 0 Å². The van der Waals surface area contributed by atoms with Crippen LogP contribution in [0.1, 0.15) is 24.0 Å². The standard InChI is InChI=1S/C19H16F3NO3S/c20-19(21,22)15-6-8-16(9-7-15)27(25,26)17-10-11-18(24)23(13-17)12-14-4-2-1-3-5-14/h1-9,13H,10-12H2. The van der Waals surface area contributed by atoms with Crippen LogP contribution in [0.4, 0.5) is 13.2 Å². The van der Waals surface area contributed by atoms with Crippen molar-refractivity contribution in [3.05, 3.63) is 76.8 Å². The van der Waals surface area contributed by atoms with Crippen LogP contribution >= 0.6 is 0 Å². The van der Waals surface area contributed by atoms with E-state index in [2.05, 4.69) is 0 Å². The van der Waals surface area contributed by atoms with Crippen LogP contribution in [0.2, 0.25) is 0 Å². The molecule has 4 nitrogen and oxygen atoms in total. The van der Waals surface area contributed by atoms with Gasteiger partial charge in [0.15, 0.2) is 0 Å². The van der Waals surface area contributed by atoms with Gasteiger partial charge in [-0.25, -0.2) is 8.42 Å². The topological polar surface area (TPSA) is 54.5 Å². The highest BCUT2D eigenvalue weighted by atomic mass is 32.2. The molecule has 0 saturated heterocycles. The molecule has 0 spiro atoms. The molecule has 0 bridgehead atoms. The van der Waals surface area contributed by atoms with Gasteiger partial charge in [0.1, 0.15) is 0 Å². The van der Waals surface area contributed by atoms with E-state index in [0.717, 1.165) is 29.8 Å². The van der Waals surface area contributed by atoms with E-state index in [-0.39, 0.29) is 35.1 Å². The van der Waals surface area contributed by atoms with E-state index >= 15 is 0 Å². The molecule has 1 amide bonds. The third-order valence-electron chi connectivity index (χ3n) is 4.24. The molecule has 0 saturated carbocycles. The zero-order valence-corrected chi connectivity index (χ0v) is 14.9. The van der Waals surface area contributed by atoms with Gasteiger partial charge in [-0.05, 0) is 36.2 Å². The second-order valence-electron chi connectivity index (χ2n) is 6.13. The molecule has 8 heteroatoms. The quantitative estimate of drug-likeness (QED) is 0.782. The fourth-order valence-electron chi connectivity index (χ4n) is 2.78. The lowest BCUT2D eigenvalue weighted by Crippen LogP contribution is -2.30. The van der Waals surface area contributed by atoms with Crippen molar-refractivity contribution in [3.63, 3.8) is 0 Å². The van der Waals surface area contributed by atoms with Gasteiger partial charge in [-0.2, -0.15) is 13.2 Å². The Bertz CT molecular complexity index is 966. The highest BCUT2D eigenvalue weighted by molar-refractivity contribution is 7.95. The normalized spacial score (nSPS) is 15.6. The first-order valence-electron chi connectivity index (χ1n) is 8.14. The summed E-state index contributed by atoms with van der Waals surface area (Å²) in [5.41, 5.74) is -0.0739. The van der Waals surface area contributed by atoms with Gasteiger partial charge in [-0.15, -0.1) is 0 Å². The van der Waals surface area contributed by atoms with Crippen LogP contribution in [0.3, 0.4) is 0 Å². The zero-order chi connectivity index (χ0) is 19.7. The number of alkyl halides is 3. The lowest BCUT2D eigenvalue weighted by Gasteiger charge is -2.25. The molecular weight excluding hydrogens is 379 g/mol. The number of nitrogens with zero attached hydrogens (tertiary/aromatic N) is 1. The predicted molar refractivity (Wildman–Crippen MR) is 92.9 cm³/mol. The van der Waals surface area contributed by atoms with E-state index in [9.17, 15) is 26.4 Å². The van der Waals surface area contributed by atoms with Crippen LogP contribution in [0.15, 0.2) is 70.6 Å². The maximum Gasteiger partial charge on any atom is 0.416 e. The Balaban J connectivity index is 1.89. The van der Waals surface area contributed by atoms with Gasteiger partial charge in [0.25, 0.3) is 0 Å². The first-order chi connectivity index (χ1) is 12.7. The second kappa shape index (κ2) is 7.19. The van der Waals surface area contributed by atoms with E-state index in [1.165, 1.54) is 11.1 Å². The molecule has 1 aliphatic rings. The fourth-order valence-corrected chi connectivity index (χ4v) is 4.21. The number of hydrogen-bond acceptors (Lipinski definition) is 3. The van der Waals surface area contributed by atoms with Crippen molar-refractivity contribution in [2.45, 2.75) is 30.5 Å². The van der Waals surface area contributed by atoms with Gasteiger partial charge >= 0.3 is 6.18 Å². The first-order valence-corrected chi connectivity index (χ1v) is 9.63. The zero-order valence-electron chi connectivity index (χ0n) is 14.1. The summed E-state index contributed by atoms with van der Waals surface area (Å²) in [6.45, 7) is 0.228. The van der Waals surface area contributed by atoms with Gasteiger partial charge in [0.05, 0.1) is 21.9 Å². The van der Waals surface area contributed by atoms with E-state index in [0.29, 0.717) is 0 Å². The number of hydrogen-bond donors (Lipinski definition) is 0. The molecule has 0 unspecified atom stereocenters. The number of carbonyl (C=O) groups excluding carboxylic acids is 1. The molecule has 0 atom stereocenters. The average Bonchev–Trinajstić information content (AvgIpc) is 2.63. The summed E-state index contributed by atoms with van der Waals surface area (Å²) >= 11 is 0. The van der Waals surface area contributed by atoms with Crippen LogP contribution in [-0.4, -0.2) is 19.2 Å². The summed E-state index contributed by atoms with van der Waals surface area (Å²) in [5, 5.41) is 0. The van der Waals surface area contributed by atoms with Crippen molar-refractivity contribution in [3.8, 4) is 0 Å². The minimum atomic E-state index is -4.54. The first kappa shape index (κ1) is 19.2. The number of halogens is 3. The van der Waals surface area contributed by atoms with Gasteiger partial charge in [-0.1, -0.05) is 30.3 Å². The van der Waals surface area contributed by atoms with Crippen molar-refractivity contribution < 1.29 is 26.4 Å². The second-order valence-corrected chi connectivity index (χ2v) is 8.13. The van der Waals surface area contributed by atoms with Crippen LogP contribution in [0, 0.1) is 0 Å². The Morgan fingerprint density at radius 3 is 2.15 bits per heavy atom. The summed E-state index contributed by atoms with van der Waals surface area (Å²) in [6.07, 6.45) is -3.21. The molecule has 1 heterocycles. The minimum Gasteiger partial charge on any atom is -0.314 e. The summed E-state index contributed by atoms with van der Waals surface area (Å²) in [5.74, 6) is -0.203. The third-order valence-corrected chi connectivity index (χ3v) is 6.13. The Kier molecular flexibility index (Phi) is 5.10. The molecular formula is C19H16F3NO3S. The summed E-state index contributed by atoms with van der Waals surface area (Å²) < 4.78 is 63.5. The van der Waals surface area contributed by atoms with Gasteiger partial charge in [-0.3, -0.25) is 4.79 Å². The highest BCUT2D eigenvalue weighted by Gasteiger charge is 2.32. The molecule has 0 radical (unpaired) electrons. The lowest BCUT2D eigenvalue weighted by molar-refractivity contribution is -0.137. The fraction of sp³-hybridized carbons (Fsp3) is 0.211. The molecule has 0 fully saturated rings. The largest absolute Gasteiger partial charge is 0.416 e. The Morgan fingerprint density at radius 2 is 1.56 bits per heavy atom. The average molecular weight is 395 g/mol. The molecule has 3 rings (SSSR count). The highest BCUT2D eigenvalue weighted by Crippen LogP contribution is 2.32. The number of benzene rings is 2. The van der Waals surface area contributed by atoms with E-state index in [4.69, 9.17) is 0 Å². The molecule has 0 aromatic heterocycles. The van der Waals surface area contributed by atoms with Gasteiger partial charge in [0.2, 0.25) is 15.7 Å². The Labute approximate surface area is 154 Å². The maximum atomic E-state index is 12.8. The van der Waals surface area contributed by atoms with Gasteiger partial charge < -0.3 is 4.90 Å². The Hall–Kier alpha value is -2.61. The van der Waals surface area contributed by atoms with Crippen LogP contribution in [0.25, 0.3) is 0 Å². The van der Waals surface area contributed by atoms with Crippen LogP contribution in [-0.2, 0) is 27.4 Å². The molecule has 1 aliphatic heterocycles. The minimum absolute atomic E-state index is 0.0118. The number of allylic oxidation sites excluding steroid dienone is 1. The summed E-state index contributed by atoms with van der Waals surface area (Å²) in [7, 11) is -3.97. The van der Waals surface area contributed by atoms with E-state index in [1.807, 2.05) is 30.3 Å². The third kappa shape index (κ3) is 4.21. The number of sulfone groups is 1. The number of rotatable bonds is 4. The Morgan fingerprint density at radius 1 is 0.926 bits per heavy atom. The maximum absolute atomic E-state index is 12.8. The van der Waals surface area contributed by atoms with Crippen LogP contribution < -0.4 is 0 Å². The lowest BCUT2D eigenvalue weighted by atomic mass is 10.1. The van der Waals surface area contributed by atoms with Crippen molar-refractivity contribution in [2.75, 3.05) is 0 Å². The van der Waals surface area contributed by atoms with Crippen molar-refractivity contribution >= 4 is 15.7 Å². The molecule has 0 N–H and O–H groups in total. The predicted octanol–water partition coefficient (Wildman–Crippen LogP) is 4.14. The van der Waals surface area contributed by atoms with Crippen LogP contribution in [0.5, 0.6) is 0 Å². The van der Waals surface area contributed by atoms with E-state index < -0.39 is 21.6 Å². The monoisotopic (exact) mass is 395 g/mol. The number of amides is 1. The summed E-state index contributed by atoms with van der Waals surface area (Å²) in [6, 6.07) is 12.5. The molecule has 0 aliphatic carbocycles. The van der Waals surface area contributed by atoms with Crippen molar-refractivity contribution in [1.29, 1.82) is 0 Å². The molecule has 27 heavy (non-hydrogen) atoms. The number of carbonyl (C=O) groups is 1. The molecule has 2 aromatic carbocycles. The molecule has 142 valence electrons. The van der Waals surface area contributed by atoms with Gasteiger partial charge in [0, 0.05) is 12.6 Å². The summed E-state index contributed by atoms with van der Waals surface area (Å²) in [4.78, 5) is 13.2. The smallest absolute Gasteiger partial charge is 0.314 e. The van der Waals surface area contributed by atoms with Crippen molar-refractivity contribution in [2.24, 2.45) is 0 Å².